The largest absolute Gasteiger partial charge is 0.362 e. The Morgan fingerprint density at radius 2 is 2.26 bits per heavy atom. The average molecular weight is 317 g/mol. The number of hydrogen-bond acceptors (Lipinski definition) is 4. The molecule has 0 aliphatic carbocycles. The zero-order chi connectivity index (χ0) is 16.4. The third-order valence-corrected chi connectivity index (χ3v) is 3.97. The van der Waals surface area contributed by atoms with Crippen LogP contribution in [-0.4, -0.2) is 35.0 Å². The predicted molar refractivity (Wildman–Crippen MR) is 80.2 cm³/mol. The van der Waals surface area contributed by atoms with E-state index in [0.717, 1.165) is 5.56 Å². The molecule has 23 heavy (non-hydrogen) atoms. The number of benzene rings is 1. The summed E-state index contributed by atoms with van der Waals surface area (Å²) < 4.78 is 18.0. The summed E-state index contributed by atoms with van der Waals surface area (Å²) in [6.07, 6.45) is 2.08. The first-order chi connectivity index (χ1) is 11.0. The topological polar surface area (TPSA) is 75.4 Å². The number of nitrogens with one attached hydrogen (secondary N) is 1. The molecule has 120 valence electrons. The van der Waals surface area contributed by atoms with Gasteiger partial charge in [0.2, 0.25) is 0 Å². The lowest BCUT2D eigenvalue weighted by Gasteiger charge is -2.16. The van der Waals surface area contributed by atoms with Gasteiger partial charge in [-0.1, -0.05) is 17.3 Å². The summed E-state index contributed by atoms with van der Waals surface area (Å²) in [6.45, 7) is 2.57. The number of halogens is 1. The molecule has 2 heterocycles. The molecule has 1 unspecified atom stereocenters. The van der Waals surface area contributed by atoms with Gasteiger partial charge in [-0.3, -0.25) is 14.9 Å². The van der Waals surface area contributed by atoms with E-state index in [-0.39, 0.29) is 17.6 Å². The molecule has 1 aliphatic rings. The summed E-state index contributed by atoms with van der Waals surface area (Å²) in [5, 5.41) is 6.05. The first kappa shape index (κ1) is 15.2. The van der Waals surface area contributed by atoms with Gasteiger partial charge in [0.05, 0.1) is 0 Å². The third kappa shape index (κ3) is 3.23. The fourth-order valence-corrected chi connectivity index (χ4v) is 2.69. The number of carbonyl (C=O) groups is 2. The Labute approximate surface area is 132 Å². The highest BCUT2D eigenvalue weighted by molar-refractivity contribution is 6.39. The van der Waals surface area contributed by atoms with Crippen LogP contribution in [0, 0.1) is 12.7 Å². The minimum absolute atomic E-state index is 0.0382. The fraction of sp³-hybridized carbons (Fsp3) is 0.312. The fourth-order valence-electron chi connectivity index (χ4n) is 2.69. The number of rotatable bonds is 2. The molecule has 1 atom stereocenters. The standard InChI is InChI=1S/C16H16FN3O3/c1-10-9-23-19-14(10)18-15(21)16(22)20-6-5-12(8-20)11-3-2-4-13(17)7-11/h2-4,7,9,12H,5-6,8H2,1H3,(H,18,19,21). The van der Waals surface area contributed by atoms with Crippen LogP contribution in [0.2, 0.25) is 0 Å². The van der Waals surface area contributed by atoms with E-state index < -0.39 is 11.8 Å². The number of aromatic nitrogens is 1. The van der Waals surface area contributed by atoms with Gasteiger partial charge in [-0.25, -0.2) is 4.39 Å². The Kier molecular flexibility index (Phi) is 4.10. The molecule has 2 aromatic rings. The lowest BCUT2D eigenvalue weighted by Crippen LogP contribution is -2.38. The Hall–Kier alpha value is -2.70. The van der Waals surface area contributed by atoms with Crippen LogP contribution in [0.5, 0.6) is 0 Å². The molecule has 7 heteroatoms. The second-order valence-corrected chi connectivity index (χ2v) is 5.59. The van der Waals surface area contributed by atoms with Crippen molar-refractivity contribution in [2.24, 2.45) is 0 Å². The van der Waals surface area contributed by atoms with Crippen molar-refractivity contribution in [2.75, 3.05) is 18.4 Å². The highest BCUT2D eigenvalue weighted by atomic mass is 19.1. The minimum atomic E-state index is -0.748. The number of anilines is 1. The van der Waals surface area contributed by atoms with E-state index in [1.54, 1.807) is 13.0 Å². The molecule has 1 fully saturated rings. The second-order valence-electron chi connectivity index (χ2n) is 5.59. The molecule has 0 bridgehead atoms. The molecule has 1 saturated heterocycles. The summed E-state index contributed by atoms with van der Waals surface area (Å²) in [7, 11) is 0. The van der Waals surface area contributed by atoms with E-state index in [1.165, 1.54) is 23.3 Å². The Bertz CT molecular complexity index is 744. The van der Waals surface area contributed by atoms with Crippen LogP contribution in [0.1, 0.15) is 23.5 Å². The van der Waals surface area contributed by atoms with Crippen molar-refractivity contribution in [3.63, 3.8) is 0 Å². The van der Waals surface area contributed by atoms with Gasteiger partial charge in [0.15, 0.2) is 5.82 Å². The normalized spacial score (nSPS) is 17.3. The highest BCUT2D eigenvalue weighted by Crippen LogP contribution is 2.27. The van der Waals surface area contributed by atoms with E-state index in [2.05, 4.69) is 10.5 Å². The molecule has 2 amide bonds. The third-order valence-electron chi connectivity index (χ3n) is 3.97. The molecule has 0 radical (unpaired) electrons. The summed E-state index contributed by atoms with van der Waals surface area (Å²) in [5.41, 5.74) is 1.48. The van der Waals surface area contributed by atoms with Crippen LogP contribution in [0.4, 0.5) is 10.2 Å². The molecule has 1 N–H and O–H groups in total. The summed E-state index contributed by atoms with van der Waals surface area (Å²) >= 11 is 0. The molecule has 1 aromatic heterocycles. The number of aryl methyl sites for hydroxylation is 1. The number of hydrogen-bond donors (Lipinski definition) is 1. The van der Waals surface area contributed by atoms with Crippen molar-refractivity contribution in [1.29, 1.82) is 0 Å². The highest BCUT2D eigenvalue weighted by Gasteiger charge is 2.31. The Morgan fingerprint density at radius 1 is 1.43 bits per heavy atom. The van der Waals surface area contributed by atoms with Crippen LogP contribution in [0.15, 0.2) is 35.1 Å². The summed E-state index contributed by atoms with van der Waals surface area (Å²) in [5.74, 6) is -1.39. The van der Waals surface area contributed by atoms with E-state index in [9.17, 15) is 14.0 Å². The number of likely N-dealkylation sites (tertiary alicyclic amines) is 1. The van der Waals surface area contributed by atoms with Gasteiger partial charge in [0.25, 0.3) is 0 Å². The lowest BCUT2D eigenvalue weighted by molar-refractivity contribution is -0.142. The zero-order valence-electron chi connectivity index (χ0n) is 12.6. The van der Waals surface area contributed by atoms with Crippen LogP contribution in [0.3, 0.4) is 0 Å². The molecule has 3 rings (SSSR count). The Morgan fingerprint density at radius 3 is 2.96 bits per heavy atom. The van der Waals surface area contributed by atoms with Crippen molar-refractivity contribution in [1.82, 2.24) is 10.1 Å². The van der Waals surface area contributed by atoms with Gasteiger partial charge in [-0.15, -0.1) is 0 Å². The van der Waals surface area contributed by atoms with Crippen molar-refractivity contribution in [3.8, 4) is 0 Å². The molecule has 0 spiro atoms. The van der Waals surface area contributed by atoms with Gasteiger partial charge in [0.1, 0.15) is 12.1 Å². The van der Waals surface area contributed by atoms with Crippen LogP contribution in [0.25, 0.3) is 0 Å². The number of amides is 2. The SMILES string of the molecule is Cc1conc1NC(=O)C(=O)N1CCC(c2cccc(F)c2)C1. The first-order valence-corrected chi connectivity index (χ1v) is 7.31. The molecule has 6 nitrogen and oxygen atoms in total. The quantitative estimate of drug-likeness (QED) is 0.861. The van der Waals surface area contributed by atoms with Crippen molar-refractivity contribution < 1.29 is 18.5 Å². The maximum atomic E-state index is 13.3. The average Bonchev–Trinajstić information content (AvgIpc) is 3.16. The van der Waals surface area contributed by atoms with Crippen molar-refractivity contribution in [3.05, 3.63) is 47.5 Å². The summed E-state index contributed by atoms with van der Waals surface area (Å²) in [4.78, 5) is 25.7. The van der Waals surface area contributed by atoms with Crippen molar-refractivity contribution >= 4 is 17.6 Å². The van der Waals surface area contributed by atoms with E-state index in [0.29, 0.717) is 25.1 Å². The maximum absolute atomic E-state index is 13.3. The van der Waals surface area contributed by atoms with Crippen LogP contribution < -0.4 is 5.32 Å². The summed E-state index contributed by atoms with van der Waals surface area (Å²) in [6, 6.07) is 6.34. The number of nitrogens with zero attached hydrogens (tertiary/aromatic N) is 2. The molecule has 1 aliphatic heterocycles. The first-order valence-electron chi connectivity index (χ1n) is 7.31. The zero-order valence-corrected chi connectivity index (χ0v) is 12.6. The van der Waals surface area contributed by atoms with Gasteiger partial charge < -0.3 is 9.42 Å². The molecule has 0 saturated carbocycles. The number of carbonyl (C=O) groups excluding carboxylic acids is 2. The molecule has 1 aromatic carbocycles. The smallest absolute Gasteiger partial charge is 0.315 e. The van der Waals surface area contributed by atoms with Crippen molar-refractivity contribution in [2.45, 2.75) is 19.3 Å². The predicted octanol–water partition coefficient (Wildman–Crippen LogP) is 2.08. The monoisotopic (exact) mass is 317 g/mol. The molecular weight excluding hydrogens is 301 g/mol. The minimum Gasteiger partial charge on any atom is -0.362 e. The van der Waals surface area contributed by atoms with Crippen LogP contribution in [-0.2, 0) is 9.59 Å². The van der Waals surface area contributed by atoms with Gasteiger partial charge >= 0.3 is 11.8 Å². The van der Waals surface area contributed by atoms with Gasteiger partial charge in [0, 0.05) is 24.6 Å². The second kappa shape index (κ2) is 6.20. The van der Waals surface area contributed by atoms with E-state index in [4.69, 9.17) is 4.52 Å². The Balaban J connectivity index is 1.63. The van der Waals surface area contributed by atoms with Gasteiger partial charge in [-0.2, -0.15) is 0 Å². The van der Waals surface area contributed by atoms with Gasteiger partial charge in [-0.05, 0) is 31.0 Å². The maximum Gasteiger partial charge on any atom is 0.315 e. The molecular formula is C16H16FN3O3. The van der Waals surface area contributed by atoms with Crippen LogP contribution >= 0.6 is 0 Å². The van der Waals surface area contributed by atoms with E-state index >= 15 is 0 Å². The van der Waals surface area contributed by atoms with E-state index in [1.807, 2.05) is 6.07 Å². The lowest BCUT2D eigenvalue weighted by atomic mass is 9.98.